The summed E-state index contributed by atoms with van der Waals surface area (Å²) in [7, 11) is 0. The van der Waals surface area contributed by atoms with Crippen LogP contribution >= 0.6 is 23.1 Å². The van der Waals surface area contributed by atoms with Crippen LogP contribution in [0.2, 0.25) is 0 Å². The number of benzene rings is 1. The molecule has 32 heavy (non-hydrogen) atoms. The highest BCUT2D eigenvalue weighted by molar-refractivity contribution is 8.00. The lowest BCUT2D eigenvalue weighted by atomic mass is 10.2. The summed E-state index contributed by atoms with van der Waals surface area (Å²) in [6, 6.07) is 7.27. The van der Waals surface area contributed by atoms with Crippen LogP contribution in [0.25, 0.3) is 22.6 Å². The molecule has 1 atom stereocenters. The Kier molecular flexibility index (Phi) is 6.56. The number of hydrogen-bond donors (Lipinski definition) is 1. The van der Waals surface area contributed by atoms with E-state index in [9.17, 15) is 13.6 Å². The van der Waals surface area contributed by atoms with Gasteiger partial charge in [-0.2, -0.15) is 0 Å². The highest BCUT2D eigenvalue weighted by Gasteiger charge is 2.21. The van der Waals surface area contributed by atoms with E-state index >= 15 is 0 Å². The fraction of sp³-hybridized carbons (Fsp3) is 0.190. The van der Waals surface area contributed by atoms with Gasteiger partial charge in [-0.05, 0) is 44.2 Å². The number of pyridine rings is 1. The number of thiazole rings is 1. The molecule has 1 unspecified atom stereocenters. The molecular weight excluding hydrogens is 454 g/mol. The first-order valence-corrected chi connectivity index (χ1v) is 11.4. The molecule has 0 saturated carbocycles. The third-order valence-electron chi connectivity index (χ3n) is 4.57. The minimum atomic E-state index is -0.947. The van der Waals surface area contributed by atoms with E-state index in [0.29, 0.717) is 33.9 Å². The molecule has 1 aromatic carbocycles. The predicted octanol–water partition coefficient (Wildman–Crippen LogP) is 4.88. The van der Waals surface area contributed by atoms with E-state index in [2.05, 4.69) is 25.5 Å². The molecule has 3 aromatic heterocycles. The molecule has 11 heteroatoms. The number of rotatable bonds is 7. The van der Waals surface area contributed by atoms with E-state index < -0.39 is 16.9 Å². The van der Waals surface area contributed by atoms with Gasteiger partial charge in [-0.25, -0.2) is 13.8 Å². The molecule has 4 rings (SSSR count). The van der Waals surface area contributed by atoms with Crippen LogP contribution in [0, 0.1) is 11.6 Å². The fourth-order valence-corrected chi connectivity index (χ4v) is 4.55. The van der Waals surface area contributed by atoms with Gasteiger partial charge >= 0.3 is 0 Å². The topological polar surface area (TPSA) is 85.6 Å². The van der Waals surface area contributed by atoms with Crippen LogP contribution in [0.4, 0.5) is 13.9 Å². The van der Waals surface area contributed by atoms with Crippen molar-refractivity contribution in [3.8, 4) is 22.6 Å². The van der Waals surface area contributed by atoms with Crippen molar-refractivity contribution < 1.29 is 13.6 Å². The molecule has 0 spiro atoms. The molecule has 4 aromatic rings. The Hall–Kier alpha value is -3.18. The Labute approximate surface area is 190 Å². The van der Waals surface area contributed by atoms with E-state index in [-0.39, 0.29) is 5.91 Å². The molecule has 3 heterocycles. The molecule has 0 aliphatic rings. The van der Waals surface area contributed by atoms with Crippen LogP contribution in [0.1, 0.15) is 13.8 Å². The van der Waals surface area contributed by atoms with E-state index in [0.717, 1.165) is 17.7 Å². The third kappa shape index (κ3) is 4.68. The van der Waals surface area contributed by atoms with Gasteiger partial charge in [0.1, 0.15) is 0 Å². The maximum absolute atomic E-state index is 13.5. The van der Waals surface area contributed by atoms with Crippen molar-refractivity contribution in [2.45, 2.75) is 30.8 Å². The fourth-order valence-electron chi connectivity index (χ4n) is 2.91. The number of nitrogens with one attached hydrogen (secondary N) is 1. The number of aromatic nitrogens is 5. The molecule has 1 N–H and O–H groups in total. The second kappa shape index (κ2) is 9.53. The Morgan fingerprint density at radius 2 is 1.94 bits per heavy atom. The lowest BCUT2D eigenvalue weighted by Gasteiger charge is -2.11. The Morgan fingerprint density at radius 1 is 1.16 bits per heavy atom. The highest BCUT2D eigenvalue weighted by atomic mass is 32.2. The SMILES string of the molecule is CCn1c(SC(C)C(=O)Nc2nc(-c3ccc(F)c(F)c3)cs2)nnc1-c1ccncc1. The van der Waals surface area contributed by atoms with Crippen molar-refractivity contribution in [2.24, 2.45) is 0 Å². The van der Waals surface area contributed by atoms with Crippen LogP contribution in [0.15, 0.2) is 53.3 Å². The Morgan fingerprint density at radius 3 is 2.66 bits per heavy atom. The van der Waals surface area contributed by atoms with Crippen molar-refractivity contribution in [3.05, 3.63) is 59.7 Å². The summed E-state index contributed by atoms with van der Waals surface area (Å²) < 4.78 is 28.6. The lowest BCUT2D eigenvalue weighted by Crippen LogP contribution is -2.22. The van der Waals surface area contributed by atoms with E-state index in [1.54, 1.807) is 24.7 Å². The third-order valence-corrected chi connectivity index (χ3v) is 6.41. The average molecular weight is 473 g/mol. The van der Waals surface area contributed by atoms with Gasteiger partial charge in [0, 0.05) is 35.4 Å². The molecule has 0 bridgehead atoms. The minimum absolute atomic E-state index is 0.252. The maximum Gasteiger partial charge on any atom is 0.239 e. The summed E-state index contributed by atoms with van der Waals surface area (Å²) in [4.78, 5) is 21.0. The summed E-state index contributed by atoms with van der Waals surface area (Å²) in [5, 5.41) is 13.5. The number of thioether (sulfide) groups is 1. The van der Waals surface area contributed by atoms with Crippen LogP contribution < -0.4 is 5.32 Å². The highest BCUT2D eigenvalue weighted by Crippen LogP contribution is 2.29. The quantitative estimate of drug-likeness (QED) is 0.386. The molecule has 164 valence electrons. The first-order valence-electron chi connectivity index (χ1n) is 9.68. The van der Waals surface area contributed by atoms with Gasteiger partial charge in [-0.1, -0.05) is 11.8 Å². The molecule has 0 aliphatic heterocycles. The molecule has 0 radical (unpaired) electrons. The van der Waals surface area contributed by atoms with Gasteiger partial charge in [0.15, 0.2) is 27.7 Å². The normalized spacial score (nSPS) is 12.0. The van der Waals surface area contributed by atoms with E-state index in [1.165, 1.54) is 29.2 Å². The number of halogens is 2. The number of hydrogen-bond acceptors (Lipinski definition) is 7. The minimum Gasteiger partial charge on any atom is -0.302 e. The second-order valence-electron chi connectivity index (χ2n) is 6.70. The summed E-state index contributed by atoms with van der Waals surface area (Å²) >= 11 is 2.50. The van der Waals surface area contributed by atoms with Gasteiger partial charge in [-0.15, -0.1) is 21.5 Å². The van der Waals surface area contributed by atoms with Crippen LogP contribution in [0.5, 0.6) is 0 Å². The Bertz CT molecular complexity index is 1240. The van der Waals surface area contributed by atoms with E-state index in [4.69, 9.17) is 0 Å². The molecule has 0 saturated heterocycles. The number of carbonyl (C=O) groups excluding carboxylic acids is 1. The Balaban J connectivity index is 1.44. The van der Waals surface area contributed by atoms with Gasteiger partial charge in [0.05, 0.1) is 10.9 Å². The van der Waals surface area contributed by atoms with Crippen LogP contribution in [-0.2, 0) is 11.3 Å². The first-order chi connectivity index (χ1) is 15.5. The van der Waals surface area contributed by atoms with Crippen molar-refractivity contribution in [1.82, 2.24) is 24.7 Å². The molecular formula is C21H18F2N6OS2. The second-order valence-corrected chi connectivity index (χ2v) is 8.87. The summed E-state index contributed by atoms with van der Waals surface area (Å²) in [6.07, 6.45) is 3.38. The van der Waals surface area contributed by atoms with Gasteiger partial charge in [-0.3, -0.25) is 9.78 Å². The molecule has 7 nitrogen and oxygen atoms in total. The van der Waals surface area contributed by atoms with Crippen LogP contribution in [-0.4, -0.2) is 35.9 Å². The monoisotopic (exact) mass is 472 g/mol. The lowest BCUT2D eigenvalue weighted by molar-refractivity contribution is -0.115. The molecule has 0 aliphatic carbocycles. The van der Waals surface area contributed by atoms with Gasteiger partial charge in [0.2, 0.25) is 5.91 Å². The predicted molar refractivity (Wildman–Crippen MR) is 120 cm³/mol. The van der Waals surface area contributed by atoms with Crippen molar-refractivity contribution in [2.75, 3.05) is 5.32 Å². The number of anilines is 1. The zero-order valence-electron chi connectivity index (χ0n) is 17.1. The van der Waals surface area contributed by atoms with Crippen molar-refractivity contribution in [1.29, 1.82) is 0 Å². The van der Waals surface area contributed by atoms with Gasteiger partial charge in [0.25, 0.3) is 0 Å². The number of amides is 1. The zero-order chi connectivity index (χ0) is 22.7. The largest absolute Gasteiger partial charge is 0.302 e. The van der Waals surface area contributed by atoms with Crippen LogP contribution in [0.3, 0.4) is 0 Å². The number of carbonyl (C=O) groups is 1. The zero-order valence-corrected chi connectivity index (χ0v) is 18.8. The van der Waals surface area contributed by atoms with Crippen molar-refractivity contribution >= 4 is 34.1 Å². The molecule has 0 fully saturated rings. The standard InChI is InChI=1S/C21H18F2N6OS2/c1-3-29-18(13-6-8-24-9-7-13)27-28-21(29)32-12(2)19(30)26-20-25-17(11-31-20)14-4-5-15(22)16(23)10-14/h4-12H,3H2,1-2H3,(H,25,26,30). The molecule has 1 amide bonds. The van der Waals surface area contributed by atoms with Gasteiger partial charge < -0.3 is 9.88 Å². The number of nitrogens with zero attached hydrogens (tertiary/aromatic N) is 5. The summed E-state index contributed by atoms with van der Waals surface area (Å²) in [5.74, 6) is -1.41. The first kappa shape index (κ1) is 22.0. The van der Waals surface area contributed by atoms with E-state index in [1.807, 2.05) is 23.6 Å². The maximum atomic E-state index is 13.5. The average Bonchev–Trinajstić information content (AvgIpc) is 3.43. The summed E-state index contributed by atoms with van der Waals surface area (Å²) in [6.45, 7) is 4.40. The van der Waals surface area contributed by atoms with Crippen molar-refractivity contribution in [3.63, 3.8) is 0 Å². The smallest absolute Gasteiger partial charge is 0.239 e. The summed E-state index contributed by atoms with van der Waals surface area (Å²) in [5.41, 5.74) is 1.78.